The Morgan fingerprint density at radius 3 is 2.67 bits per heavy atom. The average Bonchev–Trinajstić information content (AvgIpc) is 2.37. The summed E-state index contributed by atoms with van der Waals surface area (Å²) in [4.78, 5) is 11.3. The number of rotatable bonds is 5. The fourth-order valence-corrected chi connectivity index (χ4v) is 1.65. The van der Waals surface area contributed by atoms with Crippen LogP contribution in [0.5, 0.6) is 5.75 Å². The van der Waals surface area contributed by atoms with Crippen LogP contribution in [0.3, 0.4) is 0 Å². The minimum Gasteiger partial charge on any atom is -0.496 e. The van der Waals surface area contributed by atoms with Gasteiger partial charge in [0, 0.05) is 0 Å². The van der Waals surface area contributed by atoms with Gasteiger partial charge < -0.3 is 15.2 Å². The summed E-state index contributed by atoms with van der Waals surface area (Å²) in [5.74, 6) is -0.240. The maximum absolute atomic E-state index is 13.7. The van der Waals surface area contributed by atoms with Crippen LogP contribution in [0.2, 0.25) is 0 Å². The number of aryl methyl sites for hydroxylation is 1. The lowest BCUT2D eigenvalue weighted by Gasteiger charge is -2.17. The third-order valence-corrected chi connectivity index (χ3v) is 2.63. The number of carbonyl (C=O) groups excluding carboxylic acids is 1. The highest BCUT2D eigenvalue weighted by Gasteiger charge is 2.27. The summed E-state index contributed by atoms with van der Waals surface area (Å²) in [7, 11) is 1.55. The number of halogens is 1. The van der Waals surface area contributed by atoms with Crippen LogP contribution in [0.4, 0.5) is 4.39 Å². The topological polar surface area (TPSA) is 61.5 Å². The van der Waals surface area contributed by atoms with Crippen molar-refractivity contribution in [2.75, 3.05) is 13.7 Å². The first-order valence-electron chi connectivity index (χ1n) is 5.72. The highest BCUT2D eigenvalue weighted by Crippen LogP contribution is 2.24. The normalized spacial score (nSPS) is 13.8. The quantitative estimate of drug-likeness (QED) is 0.816. The Morgan fingerprint density at radius 1 is 1.50 bits per heavy atom. The van der Waals surface area contributed by atoms with Crippen molar-refractivity contribution in [2.45, 2.75) is 26.1 Å². The number of esters is 1. The van der Waals surface area contributed by atoms with E-state index in [1.54, 1.807) is 32.2 Å². The van der Waals surface area contributed by atoms with E-state index in [4.69, 9.17) is 10.5 Å². The Bertz CT molecular complexity index is 423. The third kappa shape index (κ3) is 3.20. The lowest BCUT2D eigenvalue weighted by atomic mass is 10.0. The monoisotopic (exact) mass is 255 g/mol. The van der Waals surface area contributed by atoms with E-state index in [0.717, 1.165) is 5.56 Å². The molecule has 0 aliphatic heterocycles. The Hall–Kier alpha value is -1.62. The predicted molar refractivity (Wildman–Crippen MR) is 66.2 cm³/mol. The molecule has 2 N–H and O–H groups in total. The summed E-state index contributed by atoms with van der Waals surface area (Å²) < 4.78 is 23.4. The number of hydrogen-bond donors (Lipinski definition) is 1. The van der Waals surface area contributed by atoms with Gasteiger partial charge in [-0.1, -0.05) is 12.1 Å². The van der Waals surface area contributed by atoms with Gasteiger partial charge in [-0.25, -0.2) is 9.18 Å². The van der Waals surface area contributed by atoms with Crippen molar-refractivity contribution in [2.24, 2.45) is 5.73 Å². The smallest absolute Gasteiger partial charge is 0.342 e. The molecule has 0 saturated heterocycles. The summed E-state index contributed by atoms with van der Waals surface area (Å²) in [5.41, 5.74) is 7.08. The van der Waals surface area contributed by atoms with Crippen molar-refractivity contribution >= 4 is 5.97 Å². The van der Waals surface area contributed by atoms with Gasteiger partial charge in [-0.2, -0.15) is 0 Å². The van der Waals surface area contributed by atoms with E-state index in [2.05, 4.69) is 4.74 Å². The number of alkyl halides is 1. The standard InChI is InChI=1S/C13H18FNO3/c1-4-18-13(16)11(14)12(15)9-5-6-10(17-3)8(2)7-9/h5-7,11-12H,4,15H2,1-3H3/t11?,12-/m0/s1. The number of carbonyl (C=O) groups is 1. The van der Waals surface area contributed by atoms with Crippen molar-refractivity contribution in [1.29, 1.82) is 0 Å². The van der Waals surface area contributed by atoms with E-state index in [9.17, 15) is 9.18 Å². The summed E-state index contributed by atoms with van der Waals surface area (Å²) >= 11 is 0. The van der Waals surface area contributed by atoms with E-state index < -0.39 is 18.2 Å². The van der Waals surface area contributed by atoms with Crippen LogP contribution in [0.25, 0.3) is 0 Å². The van der Waals surface area contributed by atoms with Gasteiger partial charge in [0.15, 0.2) is 0 Å². The summed E-state index contributed by atoms with van der Waals surface area (Å²) in [5, 5.41) is 0. The first-order valence-corrected chi connectivity index (χ1v) is 5.72. The minimum atomic E-state index is -1.86. The van der Waals surface area contributed by atoms with Crippen molar-refractivity contribution in [1.82, 2.24) is 0 Å². The number of ether oxygens (including phenoxy) is 2. The molecule has 0 fully saturated rings. The van der Waals surface area contributed by atoms with Gasteiger partial charge >= 0.3 is 5.97 Å². The van der Waals surface area contributed by atoms with E-state index in [0.29, 0.717) is 11.3 Å². The molecule has 0 amide bonds. The van der Waals surface area contributed by atoms with Crippen LogP contribution in [0.1, 0.15) is 24.1 Å². The van der Waals surface area contributed by atoms with E-state index in [1.807, 2.05) is 6.92 Å². The molecule has 1 unspecified atom stereocenters. The Kier molecular flexibility index (Phi) is 5.09. The van der Waals surface area contributed by atoms with Gasteiger partial charge in [-0.15, -0.1) is 0 Å². The largest absolute Gasteiger partial charge is 0.496 e. The molecule has 0 aliphatic rings. The fraction of sp³-hybridized carbons (Fsp3) is 0.462. The first-order chi connectivity index (χ1) is 8.51. The molecule has 1 aromatic rings. The van der Waals surface area contributed by atoms with Crippen LogP contribution in [-0.4, -0.2) is 25.9 Å². The van der Waals surface area contributed by atoms with Crippen LogP contribution >= 0.6 is 0 Å². The predicted octanol–water partition coefficient (Wildman–Crippen LogP) is 1.90. The molecule has 0 aromatic heterocycles. The fourth-order valence-electron chi connectivity index (χ4n) is 1.65. The molecule has 0 radical (unpaired) electrons. The van der Waals surface area contributed by atoms with E-state index in [1.165, 1.54) is 0 Å². The van der Waals surface area contributed by atoms with Crippen LogP contribution < -0.4 is 10.5 Å². The summed E-state index contributed by atoms with van der Waals surface area (Å²) in [6.45, 7) is 3.58. The number of methoxy groups -OCH3 is 1. The Balaban J connectivity index is 2.86. The molecular weight excluding hydrogens is 237 g/mol. The van der Waals surface area contributed by atoms with Gasteiger partial charge in [-0.3, -0.25) is 0 Å². The van der Waals surface area contributed by atoms with Crippen molar-refractivity contribution in [3.63, 3.8) is 0 Å². The second kappa shape index (κ2) is 6.35. The summed E-state index contributed by atoms with van der Waals surface area (Å²) in [6, 6.07) is 4.01. The van der Waals surface area contributed by atoms with E-state index in [-0.39, 0.29) is 6.61 Å². The van der Waals surface area contributed by atoms with Crippen molar-refractivity contribution in [3.05, 3.63) is 29.3 Å². The van der Waals surface area contributed by atoms with Gasteiger partial charge in [0.1, 0.15) is 5.75 Å². The maximum Gasteiger partial charge on any atom is 0.342 e. The second-order valence-corrected chi connectivity index (χ2v) is 3.91. The zero-order chi connectivity index (χ0) is 13.7. The molecule has 5 heteroatoms. The third-order valence-electron chi connectivity index (χ3n) is 2.63. The molecule has 0 bridgehead atoms. The molecule has 0 heterocycles. The lowest BCUT2D eigenvalue weighted by Crippen LogP contribution is -2.31. The zero-order valence-electron chi connectivity index (χ0n) is 10.8. The summed E-state index contributed by atoms with van der Waals surface area (Å²) in [6.07, 6.45) is -1.86. The Morgan fingerprint density at radius 2 is 2.17 bits per heavy atom. The minimum absolute atomic E-state index is 0.133. The molecular formula is C13H18FNO3. The number of hydrogen-bond acceptors (Lipinski definition) is 4. The number of nitrogens with two attached hydrogens (primary N) is 1. The SMILES string of the molecule is CCOC(=O)C(F)[C@@H](N)c1ccc(OC)c(C)c1. The van der Waals surface area contributed by atoms with Crippen LogP contribution in [0.15, 0.2) is 18.2 Å². The molecule has 0 saturated carbocycles. The highest BCUT2D eigenvalue weighted by atomic mass is 19.1. The molecule has 0 aliphatic carbocycles. The van der Waals surface area contributed by atoms with Gasteiger partial charge in [0.25, 0.3) is 0 Å². The Labute approximate surface area is 106 Å². The number of benzene rings is 1. The molecule has 18 heavy (non-hydrogen) atoms. The highest BCUT2D eigenvalue weighted by molar-refractivity contribution is 5.75. The van der Waals surface area contributed by atoms with E-state index >= 15 is 0 Å². The molecule has 1 rings (SSSR count). The molecule has 2 atom stereocenters. The second-order valence-electron chi connectivity index (χ2n) is 3.91. The van der Waals surface area contributed by atoms with Crippen molar-refractivity contribution < 1.29 is 18.7 Å². The van der Waals surface area contributed by atoms with Crippen LogP contribution in [0, 0.1) is 6.92 Å². The zero-order valence-corrected chi connectivity index (χ0v) is 10.8. The van der Waals surface area contributed by atoms with Crippen LogP contribution in [-0.2, 0) is 9.53 Å². The van der Waals surface area contributed by atoms with Gasteiger partial charge in [0.05, 0.1) is 19.8 Å². The first kappa shape index (κ1) is 14.4. The average molecular weight is 255 g/mol. The lowest BCUT2D eigenvalue weighted by molar-refractivity contribution is -0.149. The van der Waals surface area contributed by atoms with Gasteiger partial charge in [0.2, 0.25) is 6.17 Å². The molecule has 100 valence electrons. The molecule has 1 aromatic carbocycles. The molecule has 0 spiro atoms. The van der Waals surface area contributed by atoms with Gasteiger partial charge in [-0.05, 0) is 31.0 Å². The molecule has 4 nitrogen and oxygen atoms in total. The maximum atomic E-state index is 13.7. The van der Waals surface area contributed by atoms with Crippen molar-refractivity contribution in [3.8, 4) is 5.75 Å².